The number of hydrogen-bond donors (Lipinski definition) is 1. The maximum absolute atomic E-state index is 11.9. The van der Waals surface area contributed by atoms with Gasteiger partial charge in [-0.05, 0) is 61.4 Å². The minimum absolute atomic E-state index is 0.0705. The predicted octanol–water partition coefficient (Wildman–Crippen LogP) is 3.92. The van der Waals surface area contributed by atoms with E-state index in [-0.39, 0.29) is 18.6 Å². The molecule has 6 heteroatoms. The summed E-state index contributed by atoms with van der Waals surface area (Å²) in [4.78, 5) is 11.9. The van der Waals surface area contributed by atoms with Crippen molar-refractivity contribution in [1.82, 2.24) is 0 Å². The SMILES string of the molecule is O=C(COc1ccc(Cl)cc1)Nc1ccc(OC[C@@H]2CCCO2)cc1. The van der Waals surface area contributed by atoms with Gasteiger partial charge in [0.05, 0.1) is 6.10 Å². The number of anilines is 1. The molecule has 0 saturated carbocycles. The number of ether oxygens (including phenoxy) is 3. The second kappa shape index (κ2) is 8.74. The van der Waals surface area contributed by atoms with E-state index in [0.717, 1.165) is 25.2 Å². The Morgan fingerprint density at radius 3 is 2.44 bits per heavy atom. The van der Waals surface area contributed by atoms with E-state index in [2.05, 4.69) is 5.32 Å². The Balaban J connectivity index is 1.42. The molecule has 1 fully saturated rings. The van der Waals surface area contributed by atoms with Gasteiger partial charge in [0.25, 0.3) is 5.91 Å². The predicted molar refractivity (Wildman–Crippen MR) is 96.5 cm³/mol. The maximum Gasteiger partial charge on any atom is 0.262 e. The molecule has 1 saturated heterocycles. The van der Waals surface area contributed by atoms with Crippen molar-refractivity contribution in [2.75, 3.05) is 25.1 Å². The molecule has 0 unspecified atom stereocenters. The van der Waals surface area contributed by atoms with Gasteiger partial charge in [0, 0.05) is 17.3 Å². The first-order valence-electron chi connectivity index (χ1n) is 8.22. The minimum atomic E-state index is -0.233. The van der Waals surface area contributed by atoms with Crippen LogP contribution in [0.2, 0.25) is 5.02 Å². The van der Waals surface area contributed by atoms with Gasteiger partial charge in [-0.25, -0.2) is 0 Å². The molecule has 1 heterocycles. The zero-order valence-electron chi connectivity index (χ0n) is 13.7. The van der Waals surface area contributed by atoms with Crippen molar-refractivity contribution in [1.29, 1.82) is 0 Å². The second-order valence-corrected chi connectivity index (χ2v) is 6.20. The minimum Gasteiger partial charge on any atom is -0.491 e. The van der Waals surface area contributed by atoms with Crippen molar-refractivity contribution >= 4 is 23.2 Å². The fourth-order valence-electron chi connectivity index (χ4n) is 2.48. The molecular weight excluding hydrogens is 342 g/mol. The van der Waals surface area contributed by atoms with Crippen LogP contribution in [0.4, 0.5) is 5.69 Å². The largest absolute Gasteiger partial charge is 0.491 e. The number of nitrogens with one attached hydrogen (secondary N) is 1. The highest BCUT2D eigenvalue weighted by Gasteiger charge is 2.15. The molecule has 0 bridgehead atoms. The van der Waals surface area contributed by atoms with E-state index < -0.39 is 0 Å². The summed E-state index contributed by atoms with van der Waals surface area (Å²) in [6.45, 7) is 1.30. The van der Waals surface area contributed by atoms with Gasteiger partial charge in [-0.3, -0.25) is 4.79 Å². The van der Waals surface area contributed by atoms with Crippen LogP contribution < -0.4 is 14.8 Å². The van der Waals surface area contributed by atoms with Crippen molar-refractivity contribution in [3.05, 3.63) is 53.6 Å². The molecule has 1 amide bonds. The summed E-state index contributed by atoms with van der Waals surface area (Å²) in [5.74, 6) is 1.12. The number of hydrogen-bond acceptors (Lipinski definition) is 4. The Hall–Kier alpha value is -2.24. The lowest BCUT2D eigenvalue weighted by Gasteiger charge is -2.12. The number of benzene rings is 2. The molecule has 1 aliphatic rings. The number of amides is 1. The van der Waals surface area contributed by atoms with Gasteiger partial charge in [0.2, 0.25) is 0 Å². The molecule has 2 aromatic carbocycles. The van der Waals surface area contributed by atoms with Crippen molar-refractivity contribution in [2.24, 2.45) is 0 Å². The molecule has 3 rings (SSSR count). The van der Waals surface area contributed by atoms with Crippen molar-refractivity contribution in [3.8, 4) is 11.5 Å². The van der Waals surface area contributed by atoms with Crippen molar-refractivity contribution in [3.63, 3.8) is 0 Å². The van der Waals surface area contributed by atoms with Gasteiger partial charge in [-0.2, -0.15) is 0 Å². The summed E-state index contributed by atoms with van der Waals surface area (Å²) in [6, 6.07) is 14.1. The van der Waals surface area contributed by atoms with Crippen LogP contribution in [0, 0.1) is 0 Å². The van der Waals surface area contributed by atoms with Crippen LogP contribution in [0.5, 0.6) is 11.5 Å². The summed E-state index contributed by atoms with van der Waals surface area (Å²) in [7, 11) is 0. The van der Waals surface area contributed by atoms with Gasteiger partial charge in [-0.15, -0.1) is 0 Å². The molecular formula is C19H20ClNO4. The second-order valence-electron chi connectivity index (χ2n) is 5.76. The highest BCUT2D eigenvalue weighted by molar-refractivity contribution is 6.30. The number of rotatable bonds is 7. The number of carbonyl (C=O) groups excluding carboxylic acids is 1. The van der Waals surface area contributed by atoms with Gasteiger partial charge in [0.1, 0.15) is 18.1 Å². The third kappa shape index (κ3) is 5.66. The normalized spacial score (nSPS) is 16.4. The lowest BCUT2D eigenvalue weighted by Crippen LogP contribution is -2.20. The third-order valence-electron chi connectivity index (χ3n) is 3.78. The molecule has 5 nitrogen and oxygen atoms in total. The van der Waals surface area contributed by atoms with Crippen molar-refractivity contribution < 1.29 is 19.0 Å². The fourth-order valence-corrected chi connectivity index (χ4v) is 2.60. The summed E-state index contributed by atoms with van der Waals surface area (Å²) < 4.78 is 16.6. The first-order valence-corrected chi connectivity index (χ1v) is 8.59. The summed E-state index contributed by atoms with van der Waals surface area (Å²) in [5, 5.41) is 3.40. The summed E-state index contributed by atoms with van der Waals surface area (Å²) in [5.41, 5.74) is 0.689. The molecule has 1 atom stereocenters. The average Bonchev–Trinajstić information content (AvgIpc) is 3.14. The molecule has 0 aromatic heterocycles. The maximum atomic E-state index is 11.9. The molecule has 1 aliphatic heterocycles. The molecule has 0 aliphatic carbocycles. The average molecular weight is 362 g/mol. The Bertz CT molecular complexity index is 682. The molecule has 0 spiro atoms. The highest BCUT2D eigenvalue weighted by Crippen LogP contribution is 2.19. The van der Waals surface area contributed by atoms with Gasteiger partial charge >= 0.3 is 0 Å². The van der Waals surface area contributed by atoms with Crippen LogP contribution in [-0.2, 0) is 9.53 Å². The Labute approximate surface area is 151 Å². The van der Waals surface area contributed by atoms with E-state index in [1.807, 2.05) is 12.1 Å². The zero-order chi connectivity index (χ0) is 17.5. The van der Waals surface area contributed by atoms with Crippen LogP contribution in [0.1, 0.15) is 12.8 Å². The van der Waals surface area contributed by atoms with E-state index in [4.69, 9.17) is 25.8 Å². The molecule has 2 aromatic rings. The van der Waals surface area contributed by atoms with E-state index in [1.54, 1.807) is 36.4 Å². The fraction of sp³-hybridized carbons (Fsp3) is 0.316. The highest BCUT2D eigenvalue weighted by atomic mass is 35.5. The first kappa shape index (κ1) is 17.6. The number of carbonyl (C=O) groups is 1. The van der Waals surface area contributed by atoms with Gasteiger partial charge < -0.3 is 19.5 Å². The summed E-state index contributed by atoms with van der Waals surface area (Å²) >= 11 is 5.80. The van der Waals surface area contributed by atoms with E-state index in [1.165, 1.54) is 0 Å². The number of halogens is 1. The Morgan fingerprint density at radius 1 is 1.08 bits per heavy atom. The van der Waals surface area contributed by atoms with Gasteiger partial charge in [-0.1, -0.05) is 11.6 Å². The smallest absolute Gasteiger partial charge is 0.262 e. The zero-order valence-corrected chi connectivity index (χ0v) is 14.5. The quantitative estimate of drug-likeness (QED) is 0.812. The Morgan fingerprint density at radius 2 is 1.76 bits per heavy atom. The van der Waals surface area contributed by atoms with Crippen LogP contribution in [0.25, 0.3) is 0 Å². The first-order chi connectivity index (χ1) is 12.2. The molecule has 132 valence electrons. The monoisotopic (exact) mass is 361 g/mol. The van der Waals surface area contributed by atoms with Crippen LogP contribution in [0.3, 0.4) is 0 Å². The Kier molecular flexibility index (Phi) is 6.14. The topological polar surface area (TPSA) is 56.8 Å². The lowest BCUT2D eigenvalue weighted by atomic mass is 10.2. The van der Waals surface area contributed by atoms with Crippen LogP contribution in [0.15, 0.2) is 48.5 Å². The van der Waals surface area contributed by atoms with E-state index in [9.17, 15) is 4.79 Å². The standard InChI is InChI=1S/C19H20ClNO4/c20-14-3-7-16(8-4-14)25-13-19(22)21-15-5-9-17(10-6-15)24-12-18-2-1-11-23-18/h3-10,18H,1-2,11-13H2,(H,21,22)/t18-/m0/s1. The molecule has 1 N–H and O–H groups in total. The third-order valence-corrected chi connectivity index (χ3v) is 4.03. The van der Waals surface area contributed by atoms with E-state index >= 15 is 0 Å². The summed E-state index contributed by atoms with van der Waals surface area (Å²) in [6.07, 6.45) is 2.32. The molecule has 25 heavy (non-hydrogen) atoms. The van der Waals surface area contributed by atoms with Crippen molar-refractivity contribution in [2.45, 2.75) is 18.9 Å². The van der Waals surface area contributed by atoms with Crippen LogP contribution >= 0.6 is 11.6 Å². The molecule has 0 radical (unpaired) electrons. The lowest BCUT2D eigenvalue weighted by molar-refractivity contribution is -0.118. The van der Waals surface area contributed by atoms with Gasteiger partial charge in [0.15, 0.2) is 6.61 Å². The van der Waals surface area contributed by atoms with Crippen LogP contribution in [-0.4, -0.2) is 31.8 Å². The van der Waals surface area contributed by atoms with E-state index in [0.29, 0.717) is 23.1 Å².